The lowest BCUT2D eigenvalue weighted by Crippen LogP contribution is -2.39. The summed E-state index contributed by atoms with van der Waals surface area (Å²) in [5, 5.41) is -0.249. The van der Waals surface area contributed by atoms with Gasteiger partial charge in [-0.25, -0.2) is 0 Å². The maximum atomic E-state index is 6.18. The number of rotatable bonds is 0. The summed E-state index contributed by atoms with van der Waals surface area (Å²) in [7, 11) is 0. The Balaban J connectivity index is 2.07. The molecule has 0 aromatic carbocycles. The molecule has 0 amide bonds. The van der Waals surface area contributed by atoms with Crippen molar-refractivity contribution in [2.24, 2.45) is 0 Å². The van der Waals surface area contributed by atoms with Crippen molar-refractivity contribution in [2.45, 2.75) is 49.7 Å². The molecule has 0 atom stereocenters. The lowest BCUT2D eigenvalue weighted by atomic mass is 9.91. The van der Waals surface area contributed by atoms with Crippen LogP contribution in [0, 0.1) is 0 Å². The Morgan fingerprint density at radius 1 is 1.20 bits per heavy atom. The predicted molar refractivity (Wildman–Crippen MR) is 41.2 cm³/mol. The van der Waals surface area contributed by atoms with Crippen molar-refractivity contribution in [1.29, 1.82) is 0 Å². The third kappa shape index (κ3) is 1.17. The standard InChI is InChI=1S/C8H13ClO/c9-8-5-1-3-7(10-8)4-2-6-8/h7H,1-6H2. The molecule has 2 heteroatoms. The van der Waals surface area contributed by atoms with Crippen LogP contribution in [-0.4, -0.2) is 11.2 Å². The van der Waals surface area contributed by atoms with E-state index >= 15 is 0 Å². The van der Waals surface area contributed by atoms with Crippen LogP contribution >= 0.6 is 11.6 Å². The van der Waals surface area contributed by atoms with Crippen LogP contribution in [0.15, 0.2) is 0 Å². The van der Waals surface area contributed by atoms with Crippen molar-refractivity contribution in [3.8, 4) is 0 Å². The molecule has 0 spiro atoms. The zero-order chi connectivity index (χ0) is 7.03. The van der Waals surface area contributed by atoms with Crippen LogP contribution in [0.4, 0.5) is 0 Å². The van der Waals surface area contributed by atoms with Gasteiger partial charge in [0.1, 0.15) is 5.06 Å². The predicted octanol–water partition coefficient (Wildman–Crippen LogP) is 2.67. The summed E-state index contributed by atoms with van der Waals surface area (Å²) >= 11 is 6.18. The Kier molecular flexibility index (Phi) is 1.65. The van der Waals surface area contributed by atoms with E-state index in [1.807, 2.05) is 0 Å². The minimum Gasteiger partial charge on any atom is -0.357 e. The average Bonchev–Trinajstić information content (AvgIpc) is 1.86. The van der Waals surface area contributed by atoms with E-state index in [0.717, 1.165) is 12.8 Å². The summed E-state index contributed by atoms with van der Waals surface area (Å²) in [6.07, 6.45) is 7.58. The lowest BCUT2D eigenvalue weighted by molar-refractivity contribution is -0.109. The highest BCUT2D eigenvalue weighted by Gasteiger charge is 2.38. The van der Waals surface area contributed by atoms with Gasteiger partial charge < -0.3 is 4.74 Å². The van der Waals surface area contributed by atoms with Gasteiger partial charge in [0.2, 0.25) is 0 Å². The largest absolute Gasteiger partial charge is 0.357 e. The van der Waals surface area contributed by atoms with E-state index in [4.69, 9.17) is 16.3 Å². The Bertz CT molecular complexity index is 125. The molecule has 2 bridgehead atoms. The Morgan fingerprint density at radius 2 is 1.80 bits per heavy atom. The molecule has 2 fully saturated rings. The van der Waals surface area contributed by atoms with Crippen LogP contribution in [0.25, 0.3) is 0 Å². The summed E-state index contributed by atoms with van der Waals surface area (Å²) in [5.41, 5.74) is 0. The molecule has 0 aromatic heterocycles. The van der Waals surface area contributed by atoms with Crippen molar-refractivity contribution in [3.63, 3.8) is 0 Å². The monoisotopic (exact) mass is 160 g/mol. The number of halogens is 1. The fraction of sp³-hybridized carbons (Fsp3) is 1.00. The first-order valence-corrected chi connectivity index (χ1v) is 4.53. The average molecular weight is 161 g/mol. The summed E-state index contributed by atoms with van der Waals surface area (Å²) in [5.74, 6) is 0. The molecule has 0 aliphatic carbocycles. The van der Waals surface area contributed by atoms with Gasteiger partial charge in [0.25, 0.3) is 0 Å². The van der Waals surface area contributed by atoms with Crippen molar-refractivity contribution < 1.29 is 4.74 Å². The highest BCUT2D eigenvalue weighted by atomic mass is 35.5. The summed E-state index contributed by atoms with van der Waals surface area (Å²) in [6, 6.07) is 0. The maximum absolute atomic E-state index is 6.18. The van der Waals surface area contributed by atoms with Gasteiger partial charge in [-0.2, -0.15) is 0 Å². The van der Waals surface area contributed by atoms with E-state index in [2.05, 4.69) is 0 Å². The van der Waals surface area contributed by atoms with Crippen molar-refractivity contribution >= 4 is 11.6 Å². The molecule has 2 heterocycles. The smallest absolute Gasteiger partial charge is 0.142 e. The second kappa shape index (κ2) is 2.38. The molecule has 0 radical (unpaired) electrons. The molecule has 0 aromatic rings. The van der Waals surface area contributed by atoms with Crippen molar-refractivity contribution in [3.05, 3.63) is 0 Å². The second-order valence-electron chi connectivity index (χ2n) is 3.41. The van der Waals surface area contributed by atoms with E-state index in [1.54, 1.807) is 0 Å². The topological polar surface area (TPSA) is 9.23 Å². The molecule has 0 unspecified atom stereocenters. The van der Waals surface area contributed by atoms with Crippen LogP contribution in [0.5, 0.6) is 0 Å². The zero-order valence-electron chi connectivity index (χ0n) is 6.11. The van der Waals surface area contributed by atoms with Crippen LogP contribution in [-0.2, 0) is 4.74 Å². The van der Waals surface area contributed by atoms with Crippen molar-refractivity contribution in [2.75, 3.05) is 0 Å². The van der Waals surface area contributed by atoms with Gasteiger partial charge in [0.15, 0.2) is 0 Å². The van der Waals surface area contributed by atoms with Gasteiger partial charge in [-0.3, -0.25) is 0 Å². The van der Waals surface area contributed by atoms with Gasteiger partial charge >= 0.3 is 0 Å². The number of alkyl halides is 1. The molecular weight excluding hydrogens is 148 g/mol. The van der Waals surface area contributed by atoms with Crippen LogP contribution in [0.2, 0.25) is 0 Å². The number of hydrogen-bond donors (Lipinski definition) is 0. The molecular formula is C8H13ClO. The minimum absolute atomic E-state index is 0.249. The van der Waals surface area contributed by atoms with Gasteiger partial charge in [-0.15, -0.1) is 0 Å². The molecule has 58 valence electrons. The van der Waals surface area contributed by atoms with E-state index in [-0.39, 0.29) is 5.06 Å². The normalized spacial score (nSPS) is 47.1. The van der Waals surface area contributed by atoms with E-state index in [9.17, 15) is 0 Å². The summed E-state index contributed by atoms with van der Waals surface area (Å²) in [6.45, 7) is 0. The molecule has 2 aliphatic rings. The third-order valence-electron chi connectivity index (χ3n) is 2.53. The highest BCUT2D eigenvalue weighted by molar-refractivity contribution is 6.23. The Labute approximate surface area is 66.7 Å². The lowest BCUT2D eigenvalue weighted by Gasteiger charge is -2.41. The molecule has 0 saturated carbocycles. The van der Waals surface area contributed by atoms with Gasteiger partial charge in [-0.1, -0.05) is 11.6 Å². The fourth-order valence-electron chi connectivity index (χ4n) is 1.99. The maximum Gasteiger partial charge on any atom is 0.142 e. The highest BCUT2D eigenvalue weighted by Crippen LogP contribution is 2.41. The van der Waals surface area contributed by atoms with Gasteiger partial charge in [-0.05, 0) is 38.5 Å². The molecule has 2 aliphatic heterocycles. The van der Waals surface area contributed by atoms with Crippen molar-refractivity contribution in [1.82, 2.24) is 0 Å². The first kappa shape index (κ1) is 6.93. The Morgan fingerprint density at radius 3 is 2.20 bits per heavy atom. The third-order valence-corrected chi connectivity index (χ3v) is 3.00. The fourth-order valence-corrected chi connectivity index (χ4v) is 2.38. The van der Waals surface area contributed by atoms with E-state index in [0.29, 0.717) is 6.10 Å². The first-order chi connectivity index (χ1) is 4.79. The van der Waals surface area contributed by atoms with E-state index < -0.39 is 0 Å². The van der Waals surface area contributed by atoms with E-state index in [1.165, 1.54) is 25.7 Å². The van der Waals surface area contributed by atoms with Crippen LogP contribution in [0.3, 0.4) is 0 Å². The summed E-state index contributed by atoms with van der Waals surface area (Å²) < 4.78 is 5.68. The molecule has 10 heavy (non-hydrogen) atoms. The zero-order valence-corrected chi connectivity index (χ0v) is 6.86. The summed E-state index contributed by atoms with van der Waals surface area (Å²) in [4.78, 5) is 0. The quantitative estimate of drug-likeness (QED) is 0.495. The number of fused-ring (bicyclic) bond motifs is 2. The van der Waals surface area contributed by atoms with Crippen LogP contribution in [0.1, 0.15) is 38.5 Å². The Hall–Kier alpha value is 0.250. The number of hydrogen-bond acceptors (Lipinski definition) is 1. The second-order valence-corrected chi connectivity index (χ2v) is 4.10. The molecule has 2 saturated heterocycles. The minimum atomic E-state index is -0.249. The molecule has 0 N–H and O–H groups in total. The number of ether oxygens (including phenoxy) is 1. The van der Waals surface area contributed by atoms with Gasteiger partial charge in [0.05, 0.1) is 6.10 Å². The van der Waals surface area contributed by atoms with Crippen LogP contribution < -0.4 is 0 Å². The molecule has 1 nitrogen and oxygen atoms in total. The van der Waals surface area contributed by atoms with Gasteiger partial charge in [0, 0.05) is 0 Å². The SMILES string of the molecule is ClC12CCCC(CCC1)O2. The first-order valence-electron chi connectivity index (χ1n) is 4.15. The molecule has 2 rings (SSSR count).